The average Bonchev–Trinajstić information content (AvgIpc) is 2.59. The van der Waals surface area contributed by atoms with E-state index in [1.165, 1.54) is 31.2 Å². The molecule has 1 aromatic heterocycles. The van der Waals surface area contributed by atoms with E-state index in [4.69, 9.17) is 4.52 Å². The lowest BCUT2D eigenvalue weighted by Crippen LogP contribution is -1.87. The van der Waals surface area contributed by atoms with Gasteiger partial charge in [-0.15, -0.1) is 0 Å². The molecule has 0 aliphatic heterocycles. The van der Waals surface area contributed by atoms with Crippen LogP contribution in [0.2, 0.25) is 0 Å². The monoisotopic (exact) mass is 137 g/mol. The molecule has 0 aromatic carbocycles. The van der Waals surface area contributed by atoms with Crippen molar-refractivity contribution in [2.45, 2.75) is 31.6 Å². The highest BCUT2D eigenvalue weighted by molar-refractivity contribution is 5.09. The second-order valence-corrected chi connectivity index (χ2v) is 2.94. The van der Waals surface area contributed by atoms with Crippen LogP contribution in [0.25, 0.3) is 0 Å². The van der Waals surface area contributed by atoms with Crippen molar-refractivity contribution >= 4 is 0 Å². The van der Waals surface area contributed by atoms with Crippen LogP contribution in [0.4, 0.5) is 0 Å². The van der Waals surface area contributed by atoms with Crippen LogP contribution in [0.5, 0.6) is 0 Å². The molecule has 1 aliphatic rings. The highest BCUT2D eigenvalue weighted by Crippen LogP contribution is 2.33. The van der Waals surface area contributed by atoms with Gasteiger partial charge in [0.1, 0.15) is 6.26 Å². The number of aromatic nitrogens is 1. The Morgan fingerprint density at radius 1 is 1.40 bits per heavy atom. The van der Waals surface area contributed by atoms with Gasteiger partial charge in [0.05, 0.1) is 6.20 Å². The summed E-state index contributed by atoms with van der Waals surface area (Å²) in [6.07, 6.45) is 9.00. The number of nitrogens with zero attached hydrogens (tertiary/aromatic N) is 1. The molecule has 0 amide bonds. The van der Waals surface area contributed by atoms with Gasteiger partial charge in [-0.3, -0.25) is 0 Å². The quantitative estimate of drug-likeness (QED) is 0.593. The van der Waals surface area contributed by atoms with E-state index < -0.39 is 0 Å². The van der Waals surface area contributed by atoms with E-state index in [1.807, 2.05) is 6.20 Å². The lowest BCUT2D eigenvalue weighted by molar-refractivity contribution is 0.418. The van der Waals surface area contributed by atoms with Gasteiger partial charge in [-0.2, -0.15) is 0 Å². The molecular weight excluding hydrogens is 126 g/mol. The standard InChI is InChI=1S/C8H11NO/c1-2-4-7(3-1)8-5-9-10-6-8/h5-7H,1-4H2. The van der Waals surface area contributed by atoms with E-state index in [0.29, 0.717) is 0 Å². The third kappa shape index (κ3) is 0.939. The zero-order valence-electron chi connectivity index (χ0n) is 5.92. The first kappa shape index (κ1) is 5.96. The molecule has 54 valence electrons. The topological polar surface area (TPSA) is 26.0 Å². The van der Waals surface area contributed by atoms with Crippen molar-refractivity contribution in [2.75, 3.05) is 0 Å². The van der Waals surface area contributed by atoms with Crippen LogP contribution >= 0.6 is 0 Å². The van der Waals surface area contributed by atoms with Crippen molar-refractivity contribution in [1.29, 1.82) is 0 Å². The SMILES string of the molecule is c1nocc1C1CCCC1. The summed E-state index contributed by atoms with van der Waals surface area (Å²) in [4.78, 5) is 0. The van der Waals surface area contributed by atoms with Gasteiger partial charge >= 0.3 is 0 Å². The van der Waals surface area contributed by atoms with E-state index >= 15 is 0 Å². The summed E-state index contributed by atoms with van der Waals surface area (Å²) in [5.74, 6) is 0.742. The Bertz CT molecular complexity index is 187. The first-order valence-corrected chi connectivity index (χ1v) is 3.86. The van der Waals surface area contributed by atoms with Crippen LogP contribution in [0, 0.1) is 0 Å². The van der Waals surface area contributed by atoms with E-state index in [2.05, 4.69) is 5.16 Å². The number of rotatable bonds is 1. The normalized spacial score (nSPS) is 20.0. The van der Waals surface area contributed by atoms with Crippen LogP contribution in [-0.4, -0.2) is 5.16 Å². The molecule has 2 rings (SSSR count). The van der Waals surface area contributed by atoms with Gasteiger partial charge in [-0.1, -0.05) is 18.0 Å². The average molecular weight is 137 g/mol. The molecule has 1 saturated carbocycles. The Labute approximate surface area is 60.2 Å². The van der Waals surface area contributed by atoms with Crippen LogP contribution < -0.4 is 0 Å². The Morgan fingerprint density at radius 2 is 2.20 bits per heavy atom. The van der Waals surface area contributed by atoms with Gasteiger partial charge in [-0.05, 0) is 18.8 Å². The van der Waals surface area contributed by atoms with Crippen LogP contribution in [0.1, 0.15) is 37.2 Å². The smallest absolute Gasteiger partial charge is 0.127 e. The molecule has 1 heterocycles. The molecule has 1 aromatic rings. The molecular formula is C8H11NO. The van der Waals surface area contributed by atoms with Gasteiger partial charge < -0.3 is 4.52 Å². The molecule has 1 fully saturated rings. The molecule has 1 aliphatic carbocycles. The fourth-order valence-corrected chi connectivity index (χ4v) is 1.67. The van der Waals surface area contributed by atoms with Gasteiger partial charge in [0.15, 0.2) is 0 Å². The van der Waals surface area contributed by atoms with Gasteiger partial charge in [0.25, 0.3) is 0 Å². The Morgan fingerprint density at radius 3 is 2.80 bits per heavy atom. The minimum Gasteiger partial charge on any atom is -0.364 e. The summed E-state index contributed by atoms with van der Waals surface area (Å²) in [7, 11) is 0. The first-order chi connectivity index (χ1) is 4.97. The van der Waals surface area contributed by atoms with Crippen molar-refractivity contribution in [2.24, 2.45) is 0 Å². The number of hydrogen-bond acceptors (Lipinski definition) is 2. The molecule has 2 heteroatoms. The minimum absolute atomic E-state index is 0.742. The van der Waals surface area contributed by atoms with Gasteiger partial charge in [0.2, 0.25) is 0 Å². The lowest BCUT2D eigenvalue weighted by Gasteiger charge is -2.01. The summed E-state index contributed by atoms with van der Waals surface area (Å²) in [6, 6.07) is 0. The van der Waals surface area contributed by atoms with Crippen LogP contribution in [0.3, 0.4) is 0 Å². The van der Waals surface area contributed by atoms with Gasteiger partial charge in [-0.25, -0.2) is 0 Å². The van der Waals surface area contributed by atoms with E-state index in [1.54, 1.807) is 6.26 Å². The summed E-state index contributed by atoms with van der Waals surface area (Å²) < 4.78 is 4.78. The van der Waals surface area contributed by atoms with E-state index in [-0.39, 0.29) is 0 Å². The molecule has 0 atom stereocenters. The van der Waals surface area contributed by atoms with Crippen molar-refractivity contribution in [1.82, 2.24) is 5.16 Å². The van der Waals surface area contributed by atoms with E-state index in [9.17, 15) is 0 Å². The number of hydrogen-bond donors (Lipinski definition) is 0. The summed E-state index contributed by atoms with van der Waals surface area (Å²) in [6.45, 7) is 0. The molecule has 0 saturated heterocycles. The van der Waals surface area contributed by atoms with E-state index in [0.717, 1.165) is 5.92 Å². The van der Waals surface area contributed by atoms with Crippen LogP contribution in [0.15, 0.2) is 17.0 Å². The van der Waals surface area contributed by atoms with Crippen molar-refractivity contribution in [3.05, 3.63) is 18.0 Å². The molecule has 0 bridgehead atoms. The second-order valence-electron chi connectivity index (χ2n) is 2.94. The van der Waals surface area contributed by atoms with Crippen molar-refractivity contribution < 1.29 is 4.52 Å². The van der Waals surface area contributed by atoms with Crippen molar-refractivity contribution in [3.63, 3.8) is 0 Å². The highest BCUT2D eigenvalue weighted by atomic mass is 16.5. The minimum atomic E-state index is 0.742. The lowest BCUT2D eigenvalue weighted by atomic mass is 10.0. The third-order valence-electron chi connectivity index (χ3n) is 2.28. The fraction of sp³-hybridized carbons (Fsp3) is 0.625. The molecule has 0 radical (unpaired) electrons. The maximum absolute atomic E-state index is 4.78. The zero-order valence-corrected chi connectivity index (χ0v) is 5.92. The maximum Gasteiger partial charge on any atom is 0.127 e. The molecule has 0 spiro atoms. The first-order valence-electron chi connectivity index (χ1n) is 3.86. The highest BCUT2D eigenvalue weighted by Gasteiger charge is 2.17. The summed E-state index contributed by atoms with van der Waals surface area (Å²) in [5, 5.41) is 3.69. The predicted octanol–water partition coefficient (Wildman–Crippen LogP) is 2.33. The zero-order chi connectivity index (χ0) is 6.81. The fourth-order valence-electron chi connectivity index (χ4n) is 1.67. The maximum atomic E-state index is 4.78. The van der Waals surface area contributed by atoms with Crippen molar-refractivity contribution in [3.8, 4) is 0 Å². The third-order valence-corrected chi connectivity index (χ3v) is 2.28. The molecule has 0 N–H and O–H groups in total. The second kappa shape index (κ2) is 2.45. The molecule has 10 heavy (non-hydrogen) atoms. The molecule has 0 unspecified atom stereocenters. The van der Waals surface area contributed by atoms with Crippen LogP contribution in [-0.2, 0) is 0 Å². The Hall–Kier alpha value is -0.790. The Kier molecular flexibility index (Phi) is 1.46. The predicted molar refractivity (Wildman–Crippen MR) is 37.7 cm³/mol. The summed E-state index contributed by atoms with van der Waals surface area (Å²) in [5.41, 5.74) is 1.29. The summed E-state index contributed by atoms with van der Waals surface area (Å²) >= 11 is 0. The van der Waals surface area contributed by atoms with Gasteiger partial charge in [0, 0.05) is 5.56 Å². The Balaban J connectivity index is 2.12. The largest absolute Gasteiger partial charge is 0.364 e. The molecule has 2 nitrogen and oxygen atoms in total.